The van der Waals surface area contributed by atoms with E-state index in [0.29, 0.717) is 6.61 Å². The van der Waals surface area contributed by atoms with Crippen molar-refractivity contribution in [1.82, 2.24) is 0 Å². The minimum Gasteiger partial charge on any atom is -0.391 e. The topological polar surface area (TPSA) is 66.4 Å². The molecule has 1 unspecified atom stereocenters. The van der Waals surface area contributed by atoms with E-state index >= 15 is 0 Å². The molecule has 0 saturated carbocycles. The van der Waals surface area contributed by atoms with E-state index in [9.17, 15) is 5.11 Å². The fourth-order valence-corrected chi connectivity index (χ4v) is 2.89. The Hall–Kier alpha value is -0.240. The van der Waals surface area contributed by atoms with E-state index in [2.05, 4.69) is 0 Å². The quantitative estimate of drug-likeness (QED) is 0.735. The summed E-state index contributed by atoms with van der Waals surface area (Å²) in [5.41, 5.74) is 0. The summed E-state index contributed by atoms with van der Waals surface area (Å²) in [6.45, 7) is 7.43. The van der Waals surface area contributed by atoms with Gasteiger partial charge in [-0.1, -0.05) is 0 Å². The highest BCUT2D eigenvalue weighted by atomic mass is 16.9. The molecular weight excluding hydrogens is 240 g/mol. The van der Waals surface area contributed by atoms with Crippen LogP contribution in [0, 0.1) is 0 Å². The summed E-state index contributed by atoms with van der Waals surface area (Å²) in [6.07, 6.45) is -1.00. The van der Waals surface area contributed by atoms with E-state index in [4.69, 9.17) is 23.7 Å². The molecule has 3 rings (SSSR count). The lowest BCUT2D eigenvalue weighted by molar-refractivity contribution is -0.330. The zero-order valence-electron chi connectivity index (χ0n) is 11.1. The molecule has 0 aromatic rings. The third-order valence-electron chi connectivity index (χ3n) is 3.51. The minimum atomic E-state index is -1.14. The fraction of sp³-hybridized carbons (Fsp3) is 1.00. The third kappa shape index (κ3) is 1.79. The van der Waals surface area contributed by atoms with Gasteiger partial charge in [-0.3, -0.25) is 0 Å². The standard InChI is InChI=1S/C12H20O6/c1-10(2)14-5-7-8(16-10)9-12(6-13,15-7)18-11(3,4)17-9/h7-9,13H,5-6H2,1-4H3/t7-,8?,9+,12-/m0/s1. The first-order valence-corrected chi connectivity index (χ1v) is 6.25. The Bertz CT molecular complexity index is 354. The molecule has 104 valence electrons. The lowest BCUT2D eigenvalue weighted by atomic mass is 10.0. The van der Waals surface area contributed by atoms with Gasteiger partial charge in [-0.05, 0) is 27.7 Å². The number of hydrogen-bond donors (Lipinski definition) is 1. The number of aliphatic hydroxyl groups is 1. The van der Waals surface area contributed by atoms with Gasteiger partial charge in [0, 0.05) is 0 Å². The Morgan fingerprint density at radius 1 is 1.06 bits per heavy atom. The van der Waals surface area contributed by atoms with E-state index in [1.54, 1.807) is 13.8 Å². The van der Waals surface area contributed by atoms with Crippen molar-refractivity contribution in [3.05, 3.63) is 0 Å². The highest BCUT2D eigenvalue weighted by Crippen LogP contribution is 2.48. The lowest BCUT2D eigenvalue weighted by Gasteiger charge is -2.38. The fourth-order valence-electron chi connectivity index (χ4n) is 2.89. The molecule has 1 N–H and O–H groups in total. The number of aliphatic hydroxyl groups excluding tert-OH is 1. The smallest absolute Gasteiger partial charge is 0.224 e. The van der Waals surface area contributed by atoms with E-state index in [0.717, 1.165) is 0 Å². The molecule has 0 aliphatic carbocycles. The first-order chi connectivity index (χ1) is 8.27. The zero-order valence-corrected chi connectivity index (χ0v) is 11.1. The first kappa shape index (κ1) is 12.8. The highest BCUT2D eigenvalue weighted by Gasteiger charge is 2.67. The third-order valence-corrected chi connectivity index (χ3v) is 3.51. The summed E-state index contributed by atoms with van der Waals surface area (Å²) in [4.78, 5) is 0. The molecule has 3 fully saturated rings. The van der Waals surface area contributed by atoms with Crippen LogP contribution in [0.3, 0.4) is 0 Å². The summed E-state index contributed by atoms with van der Waals surface area (Å²) in [6, 6.07) is 0. The molecule has 3 saturated heterocycles. The van der Waals surface area contributed by atoms with Crippen molar-refractivity contribution in [2.24, 2.45) is 0 Å². The average Bonchev–Trinajstić information content (AvgIpc) is 2.66. The summed E-state index contributed by atoms with van der Waals surface area (Å²) in [5, 5.41) is 9.61. The largest absolute Gasteiger partial charge is 0.391 e. The van der Waals surface area contributed by atoms with Crippen LogP contribution in [0.5, 0.6) is 0 Å². The van der Waals surface area contributed by atoms with E-state index in [1.807, 2.05) is 13.8 Å². The summed E-state index contributed by atoms with van der Waals surface area (Å²) in [5.74, 6) is -2.60. The van der Waals surface area contributed by atoms with Crippen LogP contribution in [0.2, 0.25) is 0 Å². The van der Waals surface area contributed by atoms with Gasteiger partial charge in [0.2, 0.25) is 5.79 Å². The molecule has 0 radical (unpaired) electrons. The predicted octanol–water partition coefficient (Wildman–Crippen LogP) is 0.377. The van der Waals surface area contributed by atoms with E-state index in [1.165, 1.54) is 0 Å². The summed E-state index contributed by atoms with van der Waals surface area (Å²) >= 11 is 0. The van der Waals surface area contributed by atoms with Crippen LogP contribution in [0.1, 0.15) is 27.7 Å². The first-order valence-electron chi connectivity index (χ1n) is 6.25. The van der Waals surface area contributed by atoms with E-state index < -0.39 is 23.5 Å². The second kappa shape index (κ2) is 3.65. The molecule has 4 atom stereocenters. The van der Waals surface area contributed by atoms with Gasteiger partial charge >= 0.3 is 0 Å². The van der Waals surface area contributed by atoms with Gasteiger partial charge in [-0.15, -0.1) is 0 Å². The minimum absolute atomic E-state index is 0.266. The van der Waals surface area contributed by atoms with Crippen LogP contribution >= 0.6 is 0 Å². The normalized spacial score (nSPS) is 48.8. The van der Waals surface area contributed by atoms with Crippen molar-refractivity contribution in [1.29, 1.82) is 0 Å². The molecule has 0 spiro atoms. The van der Waals surface area contributed by atoms with Crippen LogP contribution < -0.4 is 0 Å². The zero-order chi connectivity index (χ0) is 13.2. The number of ether oxygens (including phenoxy) is 5. The van der Waals surface area contributed by atoms with Crippen molar-refractivity contribution < 1.29 is 28.8 Å². The van der Waals surface area contributed by atoms with Gasteiger partial charge in [0.1, 0.15) is 24.9 Å². The predicted molar refractivity (Wildman–Crippen MR) is 59.6 cm³/mol. The number of hydrogen-bond acceptors (Lipinski definition) is 6. The maximum atomic E-state index is 9.61. The molecule has 0 bridgehead atoms. The lowest BCUT2D eigenvalue weighted by Crippen LogP contribution is -2.51. The molecule has 3 heterocycles. The monoisotopic (exact) mass is 260 g/mol. The molecule has 3 aliphatic rings. The van der Waals surface area contributed by atoms with Crippen molar-refractivity contribution in [2.75, 3.05) is 13.2 Å². The van der Waals surface area contributed by atoms with Crippen LogP contribution in [-0.4, -0.2) is 54.0 Å². The molecule has 6 heteroatoms. The van der Waals surface area contributed by atoms with Gasteiger partial charge in [0.05, 0.1) is 6.61 Å². The SMILES string of the molecule is CC1(C)OC[C@@H]2O[C@@]3(CO)OC(C)(C)O[C@@H]3C2O1. The second-order valence-corrected chi connectivity index (χ2v) is 5.96. The Labute approximate surface area is 106 Å². The van der Waals surface area contributed by atoms with Crippen molar-refractivity contribution in [2.45, 2.75) is 63.4 Å². The average molecular weight is 260 g/mol. The Morgan fingerprint density at radius 2 is 1.78 bits per heavy atom. The van der Waals surface area contributed by atoms with Crippen LogP contribution in [0.4, 0.5) is 0 Å². The Balaban J connectivity index is 1.88. The van der Waals surface area contributed by atoms with Crippen LogP contribution in [0.15, 0.2) is 0 Å². The molecule has 0 aromatic heterocycles. The molecule has 3 aliphatic heterocycles. The van der Waals surface area contributed by atoms with Crippen molar-refractivity contribution in [3.8, 4) is 0 Å². The summed E-state index contributed by atoms with van der Waals surface area (Å²) in [7, 11) is 0. The molecule has 18 heavy (non-hydrogen) atoms. The molecule has 0 amide bonds. The Morgan fingerprint density at radius 3 is 2.44 bits per heavy atom. The Kier molecular flexibility index (Phi) is 2.59. The van der Waals surface area contributed by atoms with Crippen LogP contribution in [0.25, 0.3) is 0 Å². The molecular formula is C12H20O6. The summed E-state index contributed by atoms with van der Waals surface area (Å²) < 4.78 is 28.8. The number of fused-ring (bicyclic) bond motifs is 3. The van der Waals surface area contributed by atoms with Gasteiger partial charge in [-0.25, -0.2) is 0 Å². The van der Waals surface area contributed by atoms with E-state index in [-0.39, 0.29) is 18.8 Å². The van der Waals surface area contributed by atoms with Crippen LogP contribution in [-0.2, 0) is 23.7 Å². The van der Waals surface area contributed by atoms with Crippen molar-refractivity contribution in [3.63, 3.8) is 0 Å². The number of rotatable bonds is 1. The van der Waals surface area contributed by atoms with Gasteiger partial charge in [-0.2, -0.15) is 0 Å². The van der Waals surface area contributed by atoms with Gasteiger partial charge in [0.25, 0.3) is 0 Å². The second-order valence-electron chi connectivity index (χ2n) is 5.96. The molecule has 6 nitrogen and oxygen atoms in total. The maximum absolute atomic E-state index is 9.61. The molecule has 0 aromatic carbocycles. The van der Waals surface area contributed by atoms with Gasteiger partial charge in [0.15, 0.2) is 11.6 Å². The maximum Gasteiger partial charge on any atom is 0.224 e. The highest BCUT2D eigenvalue weighted by molar-refractivity contribution is 5.04. The van der Waals surface area contributed by atoms with Crippen molar-refractivity contribution >= 4 is 0 Å². The van der Waals surface area contributed by atoms with Gasteiger partial charge < -0.3 is 28.8 Å².